The summed E-state index contributed by atoms with van der Waals surface area (Å²) in [7, 11) is 0. The summed E-state index contributed by atoms with van der Waals surface area (Å²) in [4.78, 5) is 10.1. The molecule has 0 radical (unpaired) electrons. The largest absolute Gasteiger partial charge is 0.344 e. The van der Waals surface area contributed by atoms with Crippen molar-refractivity contribution in [2.75, 3.05) is 6.26 Å². The first-order valence-corrected chi connectivity index (χ1v) is 3.44. The van der Waals surface area contributed by atoms with Crippen molar-refractivity contribution in [2.24, 2.45) is 0 Å². The monoisotopic (exact) mass is 117 g/mol. The predicted octanol–water partition coefficient (Wildman–Crippen LogP) is 0.195. The molecule has 0 unspecified atom stereocenters. The van der Waals surface area contributed by atoms with Crippen LogP contribution in [0.5, 0.6) is 0 Å². The van der Waals surface area contributed by atoms with Gasteiger partial charge >= 0.3 is 0 Å². The fraction of sp³-hybridized carbons (Fsp3) is 0.750. The predicted molar refractivity (Wildman–Crippen MR) is 30.1 cm³/mol. The van der Waals surface area contributed by atoms with Gasteiger partial charge in [0.25, 0.3) is 0 Å². The molecule has 7 heavy (non-hydrogen) atoms. The van der Waals surface area contributed by atoms with E-state index in [0.29, 0.717) is 11.8 Å². The lowest BCUT2D eigenvalue weighted by Crippen LogP contribution is -2.45. The molecule has 1 aliphatic heterocycles. The number of thioether (sulfide) groups is 1. The van der Waals surface area contributed by atoms with Crippen LogP contribution in [0, 0.1) is 0 Å². The minimum absolute atomic E-state index is 0.180. The number of amides is 1. The van der Waals surface area contributed by atoms with Crippen LogP contribution in [0.3, 0.4) is 0 Å². The van der Waals surface area contributed by atoms with E-state index >= 15 is 0 Å². The summed E-state index contributed by atoms with van der Waals surface area (Å²) in [6.07, 6.45) is 2.70. The van der Waals surface area contributed by atoms with Gasteiger partial charge in [0.1, 0.15) is 0 Å². The van der Waals surface area contributed by atoms with E-state index < -0.39 is 0 Å². The fourth-order valence-electron chi connectivity index (χ4n) is 0.469. The summed E-state index contributed by atoms with van der Waals surface area (Å²) >= 11 is 1.68. The van der Waals surface area contributed by atoms with Crippen LogP contribution in [0.2, 0.25) is 0 Å². The molecule has 1 atom stereocenters. The van der Waals surface area contributed by atoms with Gasteiger partial charge in [-0.1, -0.05) is 0 Å². The highest BCUT2D eigenvalue weighted by Gasteiger charge is 2.22. The number of carbonyl (C=O) groups excluding carboxylic acids is 1. The molecule has 0 spiro atoms. The minimum Gasteiger partial charge on any atom is -0.344 e. The molecule has 0 aromatic rings. The summed E-state index contributed by atoms with van der Waals surface area (Å²) in [5, 5.41) is 3.13. The number of rotatable bonds is 1. The van der Waals surface area contributed by atoms with Gasteiger partial charge in [-0.05, 0) is 6.26 Å². The molecule has 1 aliphatic rings. The molecule has 1 saturated heterocycles. The Morgan fingerprint density at radius 3 is 2.71 bits per heavy atom. The molecule has 3 heteroatoms. The molecule has 40 valence electrons. The minimum atomic E-state index is 0.180. The van der Waals surface area contributed by atoms with Crippen molar-refractivity contribution in [1.82, 2.24) is 5.32 Å². The smallest absolute Gasteiger partial charge is 0.223 e. The molecule has 0 aromatic carbocycles. The third-order valence-corrected chi connectivity index (χ3v) is 1.83. The molecule has 1 heterocycles. The Kier molecular flexibility index (Phi) is 1.23. The van der Waals surface area contributed by atoms with Crippen molar-refractivity contribution in [3.8, 4) is 0 Å². The lowest BCUT2D eigenvalue weighted by atomic mass is 10.3. The van der Waals surface area contributed by atoms with E-state index in [4.69, 9.17) is 0 Å². The fourth-order valence-corrected chi connectivity index (χ4v) is 1.04. The van der Waals surface area contributed by atoms with Gasteiger partial charge in [-0.25, -0.2) is 0 Å². The standard InChI is InChI=1S/C4H7NOS/c1-7-4-2-3(6)5-4/h4H,2H2,1H3,(H,5,6)/t4-/m1/s1. The topological polar surface area (TPSA) is 29.1 Å². The van der Waals surface area contributed by atoms with Crippen molar-refractivity contribution < 1.29 is 4.79 Å². The molecule has 0 bridgehead atoms. The first-order chi connectivity index (χ1) is 3.33. The number of β-lactam (4-membered cyclic amide) rings is 1. The van der Waals surface area contributed by atoms with Crippen LogP contribution >= 0.6 is 11.8 Å². The number of nitrogens with one attached hydrogen (secondary N) is 1. The molecule has 1 amide bonds. The van der Waals surface area contributed by atoms with Gasteiger partial charge in [0.2, 0.25) is 5.91 Å². The van der Waals surface area contributed by atoms with Crippen LogP contribution in [-0.2, 0) is 4.79 Å². The maximum absolute atomic E-state index is 10.1. The van der Waals surface area contributed by atoms with Crippen LogP contribution < -0.4 is 5.32 Å². The Labute approximate surface area is 46.7 Å². The molecule has 1 rings (SSSR count). The van der Waals surface area contributed by atoms with Crippen molar-refractivity contribution in [2.45, 2.75) is 11.8 Å². The molecule has 0 aliphatic carbocycles. The second-order valence-corrected chi connectivity index (χ2v) is 2.54. The quantitative estimate of drug-likeness (QED) is 0.497. The van der Waals surface area contributed by atoms with Gasteiger partial charge in [0.05, 0.1) is 11.8 Å². The van der Waals surface area contributed by atoms with Gasteiger partial charge in [-0.2, -0.15) is 0 Å². The van der Waals surface area contributed by atoms with Gasteiger partial charge in [0, 0.05) is 0 Å². The third kappa shape index (κ3) is 0.881. The average Bonchev–Trinajstić information content (AvgIpc) is 1.58. The second-order valence-electron chi connectivity index (χ2n) is 1.50. The number of carbonyl (C=O) groups is 1. The summed E-state index contributed by atoms with van der Waals surface area (Å²) in [5.41, 5.74) is 0. The normalized spacial score (nSPS) is 28.7. The third-order valence-electron chi connectivity index (χ3n) is 0.977. The molecular weight excluding hydrogens is 110 g/mol. The highest BCUT2D eigenvalue weighted by molar-refractivity contribution is 7.99. The van der Waals surface area contributed by atoms with Crippen molar-refractivity contribution >= 4 is 17.7 Å². The molecule has 2 nitrogen and oxygen atoms in total. The van der Waals surface area contributed by atoms with E-state index in [1.807, 2.05) is 6.26 Å². The van der Waals surface area contributed by atoms with Crippen molar-refractivity contribution in [3.63, 3.8) is 0 Å². The van der Waals surface area contributed by atoms with Gasteiger partial charge in [-0.3, -0.25) is 4.79 Å². The van der Waals surface area contributed by atoms with E-state index in [1.165, 1.54) is 0 Å². The maximum atomic E-state index is 10.1. The van der Waals surface area contributed by atoms with Crippen LogP contribution in [0.15, 0.2) is 0 Å². The maximum Gasteiger partial charge on any atom is 0.223 e. The molecule has 0 saturated carbocycles. The highest BCUT2D eigenvalue weighted by atomic mass is 32.2. The Hall–Kier alpha value is -0.180. The molecule has 1 fully saturated rings. The lowest BCUT2D eigenvalue weighted by molar-refractivity contribution is -0.126. The highest BCUT2D eigenvalue weighted by Crippen LogP contribution is 2.14. The van der Waals surface area contributed by atoms with E-state index in [1.54, 1.807) is 11.8 Å². The van der Waals surface area contributed by atoms with E-state index in [9.17, 15) is 4.79 Å². The SMILES string of the molecule is CS[C@@H]1CC(=O)N1. The summed E-state index contributed by atoms with van der Waals surface area (Å²) in [6, 6.07) is 0. The average molecular weight is 117 g/mol. The van der Waals surface area contributed by atoms with Crippen LogP contribution in [0.4, 0.5) is 0 Å². The van der Waals surface area contributed by atoms with Crippen LogP contribution in [0.1, 0.15) is 6.42 Å². The van der Waals surface area contributed by atoms with E-state index in [-0.39, 0.29) is 5.91 Å². The van der Waals surface area contributed by atoms with Gasteiger partial charge < -0.3 is 5.32 Å². The van der Waals surface area contributed by atoms with E-state index in [0.717, 1.165) is 0 Å². The van der Waals surface area contributed by atoms with Gasteiger partial charge in [0.15, 0.2) is 0 Å². The number of hydrogen-bond acceptors (Lipinski definition) is 2. The zero-order valence-electron chi connectivity index (χ0n) is 4.10. The summed E-state index contributed by atoms with van der Waals surface area (Å²) in [5.74, 6) is 0.180. The van der Waals surface area contributed by atoms with Gasteiger partial charge in [-0.15, -0.1) is 11.8 Å². The Morgan fingerprint density at radius 2 is 2.57 bits per heavy atom. The number of hydrogen-bond donors (Lipinski definition) is 1. The lowest BCUT2D eigenvalue weighted by Gasteiger charge is -2.24. The summed E-state index contributed by atoms with van der Waals surface area (Å²) < 4.78 is 0. The molecule has 0 aromatic heterocycles. The van der Waals surface area contributed by atoms with Crippen LogP contribution in [0.25, 0.3) is 0 Å². The Balaban J connectivity index is 2.17. The van der Waals surface area contributed by atoms with E-state index in [2.05, 4.69) is 5.32 Å². The zero-order valence-corrected chi connectivity index (χ0v) is 4.92. The molecule has 1 N–H and O–H groups in total. The summed E-state index contributed by atoms with van der Waals surface area (Å²) in [6.45, 7) is 0. The zero-order chi connectivity index (χ0) is 5.28. The second kappa shape index (κ2) is 1.74. The van der Waals surface area contributed by atoms with Crippen molar-refractivity contribution in [3.05, 3.63) is 0 Å². The first kappa shape index (κ1) is 4.97. The first-order valence-electron chi connectivity index (χ1n) is 2.15. The van der Waals surface area contributed by atoms with Crippen LogP contribution in [-0.4, -0.2) is 17.5 Å². The Morgan fingerprint density at radius 1 is 2.00 bits per heavy atom. The molecular formula is C4H7NOS. The Bertz CT molecular complexity index is 85.7. The van der Waals surface area contributed by atoms with Crippen molar-refractivity contribution in [1.29, 1.82) is 0 Å².